The lowest BCUT2D eigenvalue weighted by atomic mass is 10.2. The van der Waals surface area contributed by atoms with Crippen LogP contribution in [0.1, 0.15) is 26.2 Å². The van der Waals surface area contributed by atoms with E-state index in [-0.39, 0.29) is 11.0 Å². The van der Waals surface area contributed by atoms with Crippen LogP contribution in [0, 0.1) is 0 Å². The van der Waals surface area contributed by atoms with Crippen molar-refractivity contribution in [1.82, 2.24) is 0 Å². The molecule has 0 aromatic rings. The van der Waals surface area contributed by atoms with Crippen molar-refractivity contribution in [3.8, 4) is 0 Å². The zero-order valence-corrected chi connectivity index (χ0v) is 9.01. The SMILES string of the molecule is CCCCC(Br)CP(=O)(O)O. The van der Waals surface area contributed by atoms with Gasteiger partial charge >= 0.3 is 7.60 Å². The highest BCUT2D eigenvalue weighted by Gasteiger charge is 2.18. The first kappa shape index (κ1) is 11.6. The van der Waals surface area contributed by atoms with E-state index in [0.29, 0.717) is 0 Å². The molecule has 1 atom stereocenters. The Morgan fingerprint density at radius 3 is 2.45 bits per heavy atom. The molecule has 0 fully saturated rings. The summed E-state index contributed by atoms with van der Waals surface area (Å²) in [7, 11) is -3.81. The van der Waals surface area contributed by atoms with Gasteiger partial charge in [-0.25, -0.2) is 0 Å². The topological polar surface area (TPSA) is 57.5 Å². The van der Waals surface area contributed by atoms with Crippen molar-refractivity contribution in [2.75, 3.05) is 6.16 Å². The second-order valence-electron chi connectivity index (χ2n) is 2.59. The molecule has 0 heterocycles. The van der Waals surface area contributed by atoms with E-state index in [4.69, 9.17) is 9.79 Å². The quantitative estimate of drug-likeness (QED) is 0.576. The lowest BCUT2D eigenvalue weighted by Gasteiger charge is -2.09. The number of unbranched alkanes of at least 4 members (excludes halogenated alkanes) is 1. The fourth-order valence-electron chi connectivity index (χ4n) is 0.775. The summed E-state index contributed by atoms with van der Waals surface area (Å²) in [6, 6.07) is 0. The minimum atomic E-state index is -3.81. The number of rotatable bonds is 5. The molecule has 0 bridgehead atoms. The van der Waals surface area contributed by atoms with Crippen molar-refractivity contribution in [3.05, 3.63) is 0 Å². The van der Waals surface area contributed by atoms with Gasteiger partial charge in [-0.2, -0.15) is 0 Å². The van der Waals surface area contributed by atoms with Crippen LogP contribution in [0.2, 0.25) is 0 Å². The second kappa shape index (κ2) is 5.31. The highest BCUT2D eigenvalue weighted by atomic mass is 79.9. The minimum Gasteiger partial charge on any atom is -0.324 e. The molecule has 0 aliphatic carbocycles. The van der Waals surface area contributed by atoms with Crippen LogP contribution in [0.25, 0.3) is 0 Å². The summed E-state index contributed by atoms with van der Waals surface area (Å²) in [5, 5.41) is 0. The van der Waals surface area contributed by atoms with E-state index >= 15 is 0 Å². The largest absolute Gasteiger partial charge is 0.326 e. The van der Waals surface area contributed by atoms with E-state index in [1.54, 1.807) is 0 Å². The standard InChI is InChI=1S/C6H14BrO3P/c1-2-3-4-6(7)5-11(8,9)10/h6H,2-5H2,1H3,(H2,8,9,10). The van der Waals surface area contributed by atoms with E-state index in [2.05, 4.69) is 22.9 Å². The first-order chi connectivity index (χ1) is 4.95. The Labute approximate surface area is 75.5 Å². The number of hydrogen-bond donors (Lipinski definition) is 2. The van der Waals surface area contributed by atoms with Gasteiger partial charge in [-0.1, -0.05) is 35.7 Å². The van der Waals surface area contributed by atoms with Crippen molar-refractivity contribution >= 4 is 23.5 Å². The Bertz CT molecular complexity index is 145. The maximum atomic E-state index is 10.5. The third-order valence-corrected chi connectivity index (χ3v) is 3.51. The van der Waals surface area contributed by atoms with Gasteiger partial charge < -0.3 is 9.79 Å². The molecule has 11 heavy (non-hydrogen) atoms. The highest BCUT2D eigenvalue weighted by Crippen LogP contribution is 2.37. The van der Waals surface area contributed by atoms with Crippen LogP contribution in [0.15, 0.2) is 0 Å². The molecular formula is C6H14BrO3P. The van der Waals surface area contributed by atoms with Crippen molar-refractivity contribution < 1.29 is 14.4 Å². The minimum absolute atomic E-state index is 0.0386. The van der Waals surface area contributed by atoms with Gasteiger partial charge in [-0.15, -0.1) is 0 Å². The summed E-state index contributed by atoms with van der Waals surface area (Å²) in [4.78, 5) is 17.1. The molecular weight excluding hydrogens is 231 g/mol. The van der Waals surface area contributed by atoms with Crippen LogP contribution >= 0.6 is 23.5 Å². The third-order valence-electron chi connectivity index (χ3n) is 1.31. The first-order valence-corrected chi connectivity index (χ1v) is 6.35. The fraction of sp³-hybridized carbons (Fsp3) is 1.00. The van der Waals surface area contributed by atoms with E-state index in [1.807, 2.05) is 0 Å². The van der Waals surface area contributed by atoms with Crippen LogP contribution in [-0.2, 0) is 4.57 Å². The molecule has 0 radical (unpaired) electrons. The van der Waals surface area contributed by atoms with Gasteiger partial charge in [-0.05, 0) is 6.42 Å². The molecule has 5 heteroatoms. The Morgan fingerprint density at radius 1 is 1.55 bits per heavy atom. The molecule has 0 aromatic carbocycles. The molecule has 3 nitrogen and oxygen atoms in total. The summed E-state index contributed by atoms with van der Waals surface area (Å²) >= 11 is 3.22. The smallest absolute Gasteiger partial charge is 0.324 e. The zero-order chi connectivity index (χ0) is 8.91. The average molecular weight is 245 g/mol. The Hall–Kier alpha value is 0.630. The summed E-state index contributed by atoms with van der Waals surface area (Å²) < 4.78 is 10.5. The molecule has 0 aromatic heterocycles. The van der Waals surface area contributed by atoms with Gasteiger partial charge in [0.1, 0.15) is 0 Å². The Balaban J connectivity index is 3.52. The summed E-state index contributed by atoms with van der Waals surface area (Å²) in [6.07, 6.45) is 2.85. The molecule has 68 valence electrons. The molecule has 0 aliphatic heterocycles. The van der Waals surface area contributed by atoms with Crippen molar-refractivity contribution in [1.29, 1.82) is 0 Å². The van der Waals surface area contributed by atoms with Crippen LogP contribution < -0.4 is 0 Å². The van der Waals surface area contributed by atoms with Gasteiger partial charge in [0.15, 0.2) is 0 Å². The fourth-order valence-corrected chi connectivity index (χ4v) is 2.93. The molecule has 0 amide bonds. The predicted octanol–water partition coefficient (Wildman–Crippen LogP) is 2.12. The molecule has 0 spiro atoms. The Morgan fingerprint density at radius 2 is 2.09 bits per heavy atom. The normalized spacial score (nSPS) is 14.9. The van der Waals surface area contributed by atoms with E-state index in [0.717, 1.165) is 19.3 Å². The predicted molar refractivity (Wildman–Crippen MR) is 49.2 cm³/mol. The molecule has 0 saturated carbocycles. The summed E-state index contributed by atoms with van der Waals surface area (Å²) in [5.74, 6) is 0. The van der Waals surface area contributed by atoms with Crippen LogP contribution in [-0.4, -0.2) is 20.8 Å². The zero-order valence-electron chi connectivity index (χ0n) is 6.53. The molecule has 1 unspecified atom stereocenters. The maximum Gasteiger partial charge on any atom is 0.326 e. The van der Waals surface area contributed by atoms with Crippen LogP contribution in [0.3, 0.4) is 0 Å². The maximum absolute atomic E-state index is 10.5. The highest BCUT2D eigenvalue weighted by molar-refractivity contribution is 9.09. The van der Waals surface area contributed by atoms with Crippen LogP contribution in [0.5, 0.6) is 0 Å². The average Bonchev–Trinajstić information content (AvgIpc) is 1.79. The second-order valence-corrected chi connectivity index (χ2v) is 5.58. The van der Waals surface area contributed by atoms with Gasteiger partial charge in [0.05, 0.1) is 6.16 Å². The summed E-state index contributed by atoms with van der Waals surface area (Å²) in [5.41, 5.74) is 0. The van der Waals surface area contributed by atoms with Crippen molar-refractivity contribution in [2.24, 2.45) is 0 Å². The lowest BCUT2D eigenvalue weighted by Crippen LogP contribution is -2.04. The Kier molecular flexibility index (Phi) is 5.61. The number of alkyl halides is 1. The molecule has 2 N–H and O–H groups in total. The molecule has 0 aliphatic rings. The number of halogens is 1. The van der Waals surface area contributed by atoms with E-state index in [1.165, 1.54) is 0 Å². The van der Waals surface area contributed by atoms with Crippen molar-refractivity contribution in [3.63, 3.8) is 0 Å². The van der Waals surface area contributed by atoms with E-state index < -0.39 is 7.60 Å². The summed E-state index contributed by atoms with van der Waals surface area (Å²) in [6.45, 7) is 2.05. The van der Waals surface area contributed by atoms with Gasteiger partial charge in [0, 0.05) is 4.83 Å². The molecule has 0 saturated heterocycles. The van der Waals surface area contributed by atoms with Crippen molar-refractivity contribution in [2.45, 2.75) is 31.0 Å². The van der Waals surface area contributed by atoms with E-state index in [9.17, 15) is 4.57 Å². The van der Waals surface area contributed by atoms with Gasteiger partial charge in [-0.3, -0.25) is 4.57 Å². The molecule has 0 rings (SSSR count). The first-order valence-electron chi connectivity index (χ1n) is 3.64. The van der Waals surface area contributed by atoms with Gasteiger partial charge in [0.25, 0.3) is 0 Å². The van der Waals surface area contributed by atoms with Gasteiger partial charge in [0.2, 0.25) is 0 Å². The number of hydrogen-bond acceptors (Lipinski definition) is 1. The monoisotopic (exact) mass is 244 g/mol. The third kappa shape index (κ3) is 8.54. The lowest BCUT2D eigenvalue weighted by molar-refractivity contribution is 0.372. The van der Waals surface area contributed by atoms with Crippen LogP contribution in [0.4, 0.5) is 0 Å².